The molecule has 34 heavy (non-hydrogen) atoms. The van der Waals surface area contributed by atoms with Gasteiger partial charge < -0.3 is 29.1 Å². The molecule has 1 atom stereocenters. The molecule has 2 aliphatic rings. The Hall–Kier alpha value is -3.50. The number of hydrogen-bond donors (Lipinski definition) is 1. The highest BCUT2D eigenvalue weighted by Crippen LogP contribution is 2.32. The van der Waals surface area contributed by atoms with Crippen LogP contribution in [0.3, 0.4) is 0 Å². The third-order valence-electron chi connectivity index (χ3n) is 6.19. The number of anilines is 2. The minimum absolute atomic E-state index is 0.104. The van der Waals surface area contributed by atoms with Crippen molar-refractivity contribution in [2.24, 2.45) is 0 Å². The number of rotatable bonds is 5. The molecule has 2 aliphatic heterocycles. The van der Waals surface area contributed by atoms with E-state index in [1.807, 2.05) is 12.1 Å². The molecule has 0 spiro atoms. The number of methoxy groups -OCH3 is 1. The fourth-order valence-electron chi connectivity index (χ4n) is 4.34. The molecule has 1 N–H and O–H groups in total. The summed E-state index contributed by atoms with van der Waals surface area (Å²) in [4.78, 5) is 30.5. The molecule has 0 radical (unpaired) electrons. The highest BCUT2D eigenvalue weighted by molar-refractivity contribution is 5.93. The van der Waals surface area contributed by atoms with E-state index in [-0.39, 0.29) is 17.4 Å². The lowest BCUT2D eigenvalue weighted by atomic mass is 10.1. The number of morpholine rings is 2. The van der Waals surface area contributed by atoms with Crippen molar-refractivity contribution in [1.29, 1.82) is 0 Å². The van der Waals surface area contributed by atoms with E-state index in [1.165, 1.54) is 13.2 Å². The van der Waals surface area contributed by atoms with Crippen LogP contribution in [-0.4, -0.2) is 85.2 Å². The standard InChI is InChI=1S/C24H27N5O5/c1-15-14-34-12-9-29(15)22-18-5-6-19(16-3-4-17(23(30)31)20(13-16)32-2)25-21(18)26-24(27-22)28-7-10-33-11-8-28/h3-6,13,15H,7-12,14H2,1-2H3,(H,30,31)/t15-/m0/s1. The van der Waals surface area contributed by atoms with Gasteiger partial charge in [0.2, 0.25) is 5.95 Å². The van der Waals surface area contributed by atoms with Crippen LogP contribution in [0.2, 0.25) is 0 Å². The second-order valence-electron chi connectivity index (χ2n) is 8.35. The summed E-state index contributed by atoms with van der Waals surface area (Å²) in [5.41, 5.74) is 2.11. The molecular formula is C24H27N5O5. The van der Waals surface area contributed by atoms with Gasteiger partial charge in [-0.3, -0.25) is 0 Å². The van der Waals surface area contributed by atoms with Crippen LogP contribution < -0.4 is 14.5 Å². The fraction of sp³-hybridized carbons (Fsp3) is 0.417. The van der Waals surface area contributed by atoms with Gasteiger partial charge in [-0.15, -0.1) is 0 Å². The zero-order valence-corrected chi connectivity index (χ0v) is 19.2. The average molecular weight is 466 g/mol. The summed E-state index contributed by atoms with van der Waals surface area (Å²) in [5.74, 6) is 0.724. The Morgan fingerprint density at radius 3 is 2.59 bits per heavy atom. The molecule has 178 valence electrons. The SMILES string of the molecule is COc1cc(-c2ccc3c(N4CCOC[C@@H]4C)nc(N4CCOCC4)nc3n2)ccc1C(=O)O. The number of carbonyl (C=O) groups is 1. The van der Waals surface area contributed by atoms with Crippen molar-refractivity contribution in [1.82, 2.24) is 15.0 Å². The zero-order valence-electron chi connectivity index (χ0n) is 19.2. The van der Waals surface area contributed by atoms with Crippen molar-refractivity contribution < 1.29 is 24.1 Å². The van der Waals surface area contributed by atoms with Gasteiger partial charge in [0.15, 0.2) is 5.65 Å². The summed E-state index contributed by atoms with van der Waals surface area (Å²) >= 11 is 0. The largest absolute Gasteiger partial charge is 0.496 e. The van der Waals surface area contributed by atoms with Crippen LogP contribution in [0.15, 0.2) is 30.3 Å². The number of aromatic nitrogens is 3. The van der Waals surface area contributed by atoms with E-state index in [9.17, 15) is 9.90 Å². The van der Waals surface area contributed by atoms with Crippen molar-refractivity contribution in [2.45, 2.75) is 13.0 Å². The fourth-order valence-corrected chi connectivity index (χ4v) is 4.34. The van der Waals surface area contributed by atoms with E-state index in [4.69, 9.17) is 29.2 Å². The molecule has 10 nitrogen and oxygen atoms in total. The van der Waals surface area contributed by atoms with Crippen molar-refractivity contribution in [3.63, 3.8) is 0 Å². The van der Waals surface area contributed by atoms with Gasteiger partial charge in [0.05, 0.1) is 50.7 Å². The van der Waals surface area contributed by atoms with Crippen LogP contribution in [0.25, 0.3) is 22.3 Å². The minimum atomic E-state index is -1.04. The van der Waals surface area contributed by atoms with Crippen LogP contribution >= 0.6 is 0 Å². The summed E-state index contributed by atoms with van der Waals surface area (Å²) < 4.78 is 16.4. The van der Waals surface area contributed by atoms with E-state index in [0.29, 0.717) is 43.7 Å². The monoisotopic (exact) mass is 465 g/mol. The number of hydrogen-bond acceptors (Lipinski definition) is 9. The highest BCUT2D eigenvalue weighted by Gasteiger charge is 2.25. The summed E-state index contributed by atoms with van der Waals surface area (Å²) in [5, 5.41) is 10.3. The maximum absolute atomic E-state index is 11.5. The Kier molecular flexibility index (Phi) is 6.16. The average Bonchev–Trinajstić information content (AvgIpc) is 2.88. The minimum Gasteiger partial charge on any atom is -0.496 e. The molecule has 10 heteroatoms. The zero-order chi connectivity index (χ0) is 23.7. The quantitative estimate of drug-likeness (QED) is 0.603. The molecule has 0 aliphatic carbocycles. The van der Waals surface area contributed by atoms with Crippen molar-refractivity contribution in [3.8, 4) is 17.0 Å². The first kappa shape index (κ1) is 22.3. The third kappa shape index (κ3) is 4.22. The van der Waals surface area contributed by atoms with Crippen LogP contribution in [0.4, 0.5) is 11.8 Å². The molecule has 2 fully saturated rings. The van der Waals surface area contributed by atoms with E-state index in [0.717, 1.165) is 36.4 Å². The van der Waals surface area contributed by atoms with Crippen LogP contribution in [0, 0.1) is 0 Å². The number of carboxylic acid groups (broad SMARTS) is 1. The number of fused-ring (bicyclic) bond motifs is 1. The first-order valence-electron chi connectivity index (χ1n) is 11.3. The number of aromatic carboxylic acids is 1. The van der Waals surface area contributed by atoms with Gasteiger partial charge >= 0.3 is 5.97 Å². The number of carboxylic acids is 1. The maximum atomic E-state index is 11.5. The Morgan fingerprint density at radius 1 is 1.06 bits per heavy atom. The summed E-state index contributed by atoms with van der Waals surface area (Å²) in [7, 11) is 1.46. The van der Waals surface area contributed by atoms with Gasteiger partial charge in [-0.25, -0.2) is 9.78 Å². The first-order valence-corrected chi connectivity index (χ1v) is 11.3. The molecule has 3 aromatic rings. The topological polar surface area (TPSA) is 110 Å². The predicted octanol–water partition coefficient (Wildman–Crippen LogP) is 2.46. The summed E-state index contributed by atoms with van der Waals surface area (Å²) in [6, 6.07) is 9.01. The van der Waals surface area contributed by atoms with Gasteiger partial charge in [-0.05, 0) is 31.2 Å². The lowest BCUT2D eigenvalue weighted by molar-refractivity contribution is 0.0693. The number of benzene rings is 1. The second-order valence-corrected chi connectivity index (χ2v) is 8.35. The molecule has 2 saturated heterocycles. The Labute approximate surface area is 197 Å². The van der Waals surface area contributed by atoms with E-state index in [1.54, 1.807) is 12.1 Å². The molecule has 0 saturated carbocycles. The lowest BCUT2D eigenvalue weighted by Crippen LogP contribution is -2.44. The van der Waals surface area contributed by atoms with Gasteiger partial charge in [0, 0.05) is 25.2 Å². The smallest absolute Gasteiger partial charge is 0.339 e. The van der Waals surface area contributed by atoms with Crippen molar-refractivity contribution >= 4 is 28.8 Å². The van der Waals surface area contributed by atoms with Crippen molar-refractivity contribution in [2.75, 3.05) is 63.0 Å². The molecule has 5 rings (SSSR count). The Morgan fingerprint density at radius 2 is 1.85 bits per heavy atom. The first-order chi connectivity index (χ1) is 16.5. The summed E-state index contributed by atoms with van der Waals surface area (Å²) in [6.45, 7) is 6.85. The molecule has 0 amide bonds. The van der Waals surface area contributed by atoms with Crippen LogP contribution in [0.1, 0.15) is 17.3 Å². The molecular weight excluding hydrogens is 438 g/mol. The molecule has 2 aromatic heterocycles. The Balaban J connectivity index is 1.62. The van der Waals surface area contributed by atoms with Crippen LogP contribution in [-0.2, 0) is 9.47 Å². The van der Waals surface area contributed by atoms with E-state index in [2.05, 4.69) is 16.7 Å². The van der Waals surface area contributed by atoms with Gasteiger partial charge in [-0.2, -0.15) is 9.97 Å². The molecule has 1 aromatic carbocycles. The van der Waals surface area contributed by atoms with Gasteiger partial charge in [0.25, 0.3) is 0 Å². The normalized spacial score (nSPS) is 18.8. The van der Waals surface area contributed by atoms with E-state index < -0.39 is 5.97 Å². The number of ether oxygens (including phenoxy) is 3. The lowest BCUT2D eigenvalue weighted by Gasteiger charge is -2.35. The second kappa shape index (κ2) is 9.40. The molecule has 0 unspecified atom stereocenters. The van der Waals surface area contributed by atoms with Gasteiger partial charge in [-0.1, -0.05) is 6.07 Å². The highest BCUT2D eigenvalue weighted by atomic mass is 16.5. The molecule has 0 bridgehead atoms. The summed E-state index contributed by atoms with van der Waals surface area (Å²) in [6.07, 6.45) is 0. The van der Waals surface area contributed by atoms with E-state index >= 15 is 0 Å². The number of pyridine rings is 1. The van der Waals surface area contributed by atoms with Crippen LogP contribution in [0.5, 0.6) is 5.75 Å². The number of nitrogens with zero attached hydrogens (tertiary/aromatic N) is 5. The maximum Gasteiger partial charge on any atom is 0.339 e. The van der Waals surface area contributed by atoms with Gasteiger partial charge in [0.1, 0.15) is 17.1 Å². The molecule has 4 heterocycles. The third-order valence-corrected chi connectivity index (χ3v) is 6.19. The Bertz CT molecular complexity index is 1210. The van der Waals surface area contributed by atoms with Crippen molar-refractivity contribution in [3.05, 3.63) is 35.9 Å². The predicted molar refractivity (Wildman–Crippen MR) is 127 cm³/mol.